The van der Waals surface area contributed by atoms with E-state index < -0.39 is 22.9 Å². The van der Waals surface area contributed by atoms with Gasteiger partial charge in [-0.1, -0.05) is 84.4 Å². The van der Waals surface area contributed by atoms with Crippen LogP contribution in [0.25, 0.3) is 0 Å². The number of carbonyl (C=O) groups is 2. The topological polar surface area (TPSA) is 61.4 Å². The van der Waals surface area contributed by atoms with Crippen molar-refractivity contribution in [2.24, 2.45) is 0 Å². The van der Waals surface area contributed by atoms with Gasteiger partial charge in [-0.05, 0) is 54.1 Å². The Kier molecular flexibility index (Phi) is 8.98. The highest BCUT2D eigenvalue weighted by atomic mass is 35.5. The van der Waals surface area contributed by atoms with Gasteiger partial charge in [-0.3, -0.25) is 9.69 Å². The summed E-state index contributed by atoms with van der Waals surface area (Å²) in [4.78, 5) is 30.7. The van der Waals surface area contributed by atoms with Crippen molar-refractivity contribution >= 4 is 64.1 Å². The van der Waals surface area contributed by atoms with Crippen LogP contribution >= 0.6 is 35.1 Å². The standard InChI is InChI=1S/C34H25ClF3N3O2S2/c35-22-17-18-26(25(19-22)34(36,37)38)40-32(42)31(21-9-2-1-3-10-21)44-24-12-8-11-23(20-24)39-33(43)41-27-13-4-6-15-29(27)45-30-16-7-5-14-28(30)41/h1-20,27,29,31H,(H,39,43)(H,40,42). The van der Waals surface area contributed by atoms with Crippen molar-refractivity contribution in [1.29, 1.82) is 0 Å². The van der Waals surface area contributed by atoms with E-state index in [0.29, 0.717) is 16.1 Å². The number of nitrogens with one attached hydrogen (secondary N) is 2. The molecule has 3 amide bonds. The Morgan fingerprint density at radius 2 is 1.62 bits per heavy atom. The van der Waals surface area contributed by atoms with Crippen LogP contribution in [0.1, 0.15) is 16.4 Å². The molecule has 3 unspecified atom stereocenters. The number of alkyl halides is 3. The summed E-state index contributed by atoms with van der Waals surface area (Å²) >= 11 is 8.70. The van der Waals surface area contributed by atoms with E-state index in [1.54, 1.807) is 71.3 Å². The molecule has 4 aromatic carbocycles. The number of amides is 3. The fraction of sp³-hybridized carbons (Fsp3) is 0.118. The zero-order chi connectivity index (χ0) is 31.6. The Morgan fingerprint density at radius 1 is 0.867 bits per heavy atom. The SMILES string of the molecule is O=C(Nc1ccc(Cl)cc1C(F)(F)F)C(Sc1cccc(NC(=O)N2c3ccccc3SC3C=CC=CC32)c1)c1ccccc1. The maximum Gasteiger partial charge on any atom is 0.418 e. The van der Waals surface area contributed by atoms with Crippen LogP contribution in [0.15, 0.2) is 131 Å². The first-order valence-corrected chi connectivity index (χ1v) is 16.0. The Hall–Kier alpha value is -4.12. The van der Waals surface area contributed by atoms with Crippen LogP contribution in [-0.4, -0.2) is 23.2 Å². The predicted molar refractivity (Wildman–Crippen MR) is 176 cm³/mol. The quantitative estimate of drug-likeness (QED) is 0.202. The van der Waals surface area contributed by atoms with Gasteiger partial charge >= 0.3 is 12.2 Å². The number of urea groups is 1. The predicted octanol–water partition coefficient (Wildman–Crippen LogP) is 9.84. The number of anilines is 3. The molecular weight excluding hydrogens is 639 g/mol. The second-order valence-corrected chi connectivity index (χ2v) is 13.1. The third-order valence-corrected chi connectivity index (χ3v) is 9.98. The summed E-state index contributed by atoms with van der Waals surface area (Å²) in [5, 5.41) is 4.54. The number of nitrogens with zero attached hydrogens (tertiary/aromatic N) is 1. The molecule has 2 aliphatic rings. The van der Waals surface area contributed by atoms with E-state index in [-0.39, 0.29) is 28.0 Å². The number of fused-ring (bicyclic) bond motifs is 2. The summed E-state index contributed by atoms with van der Waals surface area (Å²) < 4.78 is 41.2. The van der Waals surface area contributed by atoms with Gasteiger partial charge in [-0.25, -0.2) is 4.79 Å². The maximum atomic E-state index is 13.8. The van der Waals surface area contributed by atoms with Crippen LogP contribution in [0.3, 0.4) is 0 Å². The summed E-state index contributed by atoms with van der Waals surface area (Å²) in [5.41, 5.74) is 0.504. The van der Waals surface area contributed by atoms with E-state index in [4.69, 9.17) is 11.6 Å². The van der Waals surface area contributed by atoms with Crippen LogP contribution in [0.2, 0.25) is 5.02 Å². The number of thioether (sulfide) groups is 2. The van der Waals surface area contributed by atoms with Crippen molar-refractivity contribution in [2.75, 3.05) is 15.5 Å². The van der Waals surface area contributed by atoms with E-state index in [1.807, 2.05) is 42.5 Å². The molecule has 5 nitrogen and oxygen atoms in total. The summed E-state index contributed by atoms with van der Waals surface area (Å²) in [6.45, 7) is 0. The number of para-hydroxylation sites is 1. The molecule has 0 radical (unpaired) electrons. The summed E-state index contributed by atoms with van der Waals surface area (Å²) in [7, 11) is 0. The van der Waals surface area contributed by atoms with Gasteiger partial charge in [0.1, 0.15) is 5.25 Å². The second-order valence-electron chi connectivity index (χ2n) is 10.2. The highest BCUT2D eigenvalue weighted by Gasteiger charge is 2.37. The zero-order valence-electron chi connectivity index (χ0n) is 23.4. The fourth-order valence-electron chi connectivity index (χ4n) is 5.15. The third kappa shape index (κ3) is 6.93. The normalized spacial score (nSPS) is 17.6. The lowest BCUT2D eigenvalue weighted by atomic mass is 10.1. The lowest BCUT2D eigenvalue weighted by Gasteiger charge is -2.40. The van der Waals surface area contributed by atoms with E-state index in [9.17, 15) is 22.8 Å². The molecule has 1 aliphatic carbocycles. The molecule has 0 fully saturated rings. The van der Waals surface area contributed by atoms with Crippen molar-refractivity contribution in [3.8, 4) is 0 Å². The number of hydrogen-bond acceptors (Lipinski definition) is 4. The molecule has 0 aromatic heterocycles. The number of halogens is 4. The third-order valence-electron chi connectivity index (χ3n) is 7.19. The Labute approximate surface area is 271 Å². The van der Waals surface area contributed by atoms with Gasteiger partial charge in [0.15, 0.2) is 0 Å². The highest BCUT2D eigenvalue weighted by Crippen LogP contribution is 2.44. The Balaban J connectivity index is 1.25. The molecule has 2 N–H and O–H groups in total. The monoisotopic (exact) mass is 663 g/mol. The molecule has 1 heterocycles. The molecule has 0 bridgehead atoms. The molecule has 0 saturated carbocycles. The van der Waals surface area contributed by atoms with Gasteiger partial charge in [-0.15, -0.1) is 23.5 Å². The van der Waals surface area contributed by atoms with Crippen LogP contribution in [0.4, 0.5) is 35.0 Å². The van der Waals surface area contributed by atoms with E-state index in [2.05, 4.69) is 16.7 Å². The first kappa shape index (κ1) is 30.9. The number of benzene rings is 4. The molecular formula is C34H25ClF3N3O2S2. The molecule has 3 atom stereocenters. The molecule has 0 spiro atoms. The first-order valence-electron chi connectivity index (χ1n) is 13.9. The van der Waals surface area contributed by atoms with Crippen molar-refractivity contribution in [2.45, 2.75) is 32.5 Å². The van der Waals surface area contributed by atoms with E-state index in [1.165, 1.54) is 6.07 Å². The maximum absolute atomic E-state index is 13.8. The average Bonchev–Trinajstić information content (AvgIpc) is 3.03. The van der Waals surface area contributed by atoms with Gasteiger partial charge in [0.25, 0.3) is 0 Å². The van der Waals surface area contributed by atoms with Gasteiger partial charge in [0, 0.05) is 20.5 Å². The lowest BCUT2D eigenvalue weighted by molar-refractivity contribution is -0.137. The minimum atomic E-state index is -4.72. The highest BCUT2D eigenvalue weighted by molar-refractivity contribution is 8.00. The molecule has 45 heavy (non-hydrogen) atoms. The van der Waals surface area contributed by atoms with Crippen LogP contribution in [0, 0.1) is 0 Å². The van der Waals surface area contributed by atoms with Crippen molar-refractivity contribution in [3.05, 3.63) is 138 Å². The molecule has 6 rings (SSSR count). The zero-order valence-corrected chi connectivity index (χ0v) is 25.8. The van der Waals surface area contributed by atoms with Crippen LogP contribution in [0.5, 0.6) is 0 Å². The molecule has 0 saturated heterocycles. The number of carbonyl (C=O) groups excluding carboxylic acids is 2. The van der Waals surface area contributed by atoms with Gasteiger partial charge in [0.05, 0.1) is 28.2 Å². The van der Waals surface area contributed by atoms with Crippen LogP contribution in [-0.2, 0) is 11.0 Å². The van der Waals surface area contributed by atoms with E-state index >= 15 is 0 Å². The molecule has 4 aromatic rings. The van der Waals surface area contributed by atoms with Gasteiger partial charge in [-0.2, -0.15) is 13.2 Å². The number of hydrogen-bond donors (Lipinski definition) is 2. The summed E-state index contributed by atoms with van der Waals surface area (Å²) in [5.74, 6) is -0.640. The Morgan fingerprint density at radius 3 is 2.42 bits per heavy atom. The average molecular weight is 664 g/mol. The Bertz CT molecular complexity index is 1800. The van der Waals surface area contributed by atoms with Crippen LogP contribution < -0.4 is 15.5 Å². The van der Waals surface area contributed by atoms with E-state index in [0.717, 1.165) is 34.5 Å². The van der Waals surface area contributed by atoms with Crippen molar-refractivity contribution in [1.82, 2.24) is 0 Å². The number of rotatable bonds is 6. The second kappa shape index (κ2) is 13.1. The smallest absolute Gasteiger partial charge is 0.324 e. The fourth-order valence-corrected chi connectivity index (χ4v) is 7.67. The summed E-state index contributed by atoms with van der Waals surface area (Å²) in [6.07, 6.45) is 3.29. The van der Waals surface area contributed by atoms with Crippen molar-refractivity contribution < 1.29 is 22.8 Å². The molecule has 228 valence electrons. The minimum Gasteiger partial charge on any atom is -0.324 e. The molecule has 11 heteroatoms. The first-order chi connectivity index (χ1) is 21.7. The van der Waals surface area contributed by atoms with Crippen molar-refractivity contribution in [3.63, 3.8) is 0 Å². The number of allylic oxidation sites excluding steroid dienone is 2. The van der Waals surface area contributed by atoms with Gasteiger partial charge in [0.2, 0.25) is 5.91 Å². The summed E-state index contributed by atoms with van der Waals surface area (Å²) in [6, 6.07) is 26.3. The lowest BCUT2D eigenvalue weighted by Crippen LogP contribution is -2.49. The molecule has 1 aliphatic heterocycles. The minimum absolute atomic E-state index is 0.0705. The van der Waals surface area contributed by atoms with Gasteiger partial charge < -0.3 is 10.6 Å². The largest absolute Gasteiger partial charge is 0.418 e.